The fraction of sp³-hybridized carbons (Fsp3) is 0.455. The zero-order valence-corrected chi connectivity index (χ0v) is 10.0. The van der Waals surface area contributed by atoms with E-state index in [-0.39, 0.29) is 11.6 Å². The molecule has 0 atom stereocenters. The lowest BCUT2D eigenvalue weighted by Crippen LogP contribution is -2.10. The van der Waals surface area contributed by atoms with E-state index in [1.807, 2.05) is 20.8 Å². The summed E-state index contributed by atoms with van der Waals surface area (Å²) in [5.41, 5.74) is 0.816. The van der Waals surface area contributed by atoms with Gasteiger partial charge in [-0.1, -0.05) is 20.8 Å². The third-order valence-corrected chi connectivity index (χ3v) is 2.50. The number of rotatable bonds is 3. The lowest BCUT2D eigenvalue weighted by atomic mass is 10.1. The highest BCUT2D eigenvalue weighted by Crippen LogP contribution is 2.15. The largest absolute Gasteiger partial charge is 0.477 e. The van der Waals surface area contributed by atoms with Crippen molar-refractivity contribution in [2.75, 3.05) is 0 Å². The Labute approximate surface area is 98.3 Å². The maximum atomic E-state index is 11.2. The standard InChI is InChI=1S/C11H14N4O2/c1-4-9-13-11-12-7(6(2)3)5-8(10(16)17)15(11)14-9/h5-6H,4H2,1-3H3,(H,16,17). The number of aromatic nitrogens is 4. The monoisotopic (exact) mass is 234 g/mol. The van der Waals surface area contributed by atoms with Crippen LogP contribution < -0.4 is 0 Å². The van der Waals surface area contributed by atoms with E-state index in [0.29, 0.717) is 23.7 Å². The molecule has 0 fully saturated rings. The Kier molecular flexibility index (Phi) is 2.79. The molecular weight excluding hydrogens is 220 g/mol. The molecule has 1 N–H and O–H groups in total. The summed E-state index contributed by atoms with van der Waals surface area (Å²) in [6, 6.07) is 1.55. The highest BCUT2D eigenvalue weighted by molar-refractivity contribution is 5.86. The molecule has 0 aromatic carbocycles. The molecule has 17 heavy (non-hydrogen) atoms. The van der Waals surface area contributed by atoms with Gasteiger partial charge in [-0.05, 0) is 12.0 Å². The molecule has 0 aliphatic carbocycles. The first kappa shape index (κ1) is 11.5. The molecule has 6 heteroatoms. The first-order chi connectivity index (χ1) is 8.02. The summed E-state index contributed by atoms with van der Waals surface area (Å²) < 4.78 is 1.28. The van der Waals surface area contributed by atoms with Crippen LogP contribution >= 0.6 is 0 Å². The van der Waals surface area contributed by atoms with Crippen molar-refractivity contribution in [2.24, 2.45) is 0 Å². The first-order valence-electron chi connectivity index (χ1n) is 5.52. The van der Waals surface area contributed by atoms with Crippen LogP contribution in [0.25, 0.3) is 5.78 Å². The molecule has 0 unspecified atom stereocenters. The minimum absolute atomic E-state index is 0.103. The van der Waals surface area contributed by atoms with E-state index in [9.17, 15) is 4.79 Å². The maximum Gasteiger partial charge on any atom is 0.354 e. The van der Waals surface area contributed by atoms with E-state index in [1.165, 1.54) is 4.52 Å². The Morgan fingerprint density at radius 3 is 2.71 bits per heavy atom. The molecule has 2 heterocycles. The number of hydrogen-bond acceptors (Lipinski definition) is 4. The van der Waals surface area contributed by atoms with Gasteiger partial charge in [0, 0.05) is 12.1 Å². The van der Waals surface area contributed by atoms with Crippen molar-refractivity contribution in [1.29, 1.82) is 0 Å². The van der Waals surface area contributed by atoms with Gasteiger partial charge in [0.25, 0.3) is 5.78 Å². The molecule has 2 aromatic heterocycles. The third kappa shape index (κ3) is 1.98. The fourth-order valence-electron chi connectivity index (χ4n) is 1.53. The number of fused-ring (bicyclic) bond motifs is 1. The summed E-state index contributed by atoms with van der Waals surface area (Å²) >= 11 is 0. The Hall–Kier alpha value is -1.98. The molecule has 0 spiro atoms. The highest BCUT2D eigenvalue weighted by Gasteiger charge is 2.16. The summed E-state index contributed by atoms with van der Waals surface area (Å²) in [6.07, 6.45) is 0.652. The number of hydrogen-bond donors (Lipinski definition) is 1. The molecule has 0 radical (unpaired) electrons. The zero-order valence-electron chi connectivity index (χ0n) is 10.0. The van der Waals surface area contributed by atoms with E-state index in [0.717, 1.165) is 0 Å². The Bertz CT molecular complexity index is 574. The van der Waals surface area contributed by atoms with Crippen molar-refractivity contribution < 1.29 is 9.90 Å². The molecule has 0 aliphatic heterocycles. The van der Waals surface area contributed by atoms with Crippen LogP contribution in [0.1, 0.15) is 48.7 Å². The van der Waals surface area contributed by atoms with Crippen LogP contribution in [0.3, 0.4) is 0 Å². The molecule has 0 bridgehead atoms. The summed E-state index contributed by atoms with van der Waals surface area (Å²) in [6.45, 7) is 5.84. The molecule has 2 rings (SSSR count). The molecule has 0 amide bonds. The molecule has 2 aromatic rings. The van der Waals surface area contributed by atoms with Crippen LogP contribution in [0, 0.1) is 0 Å². The van der Waals surface area contributed by atoms with E-state index in [1.54, 1.807) is 6.07 Å². The van der Waals surface area contributed by atoms with Gasteiger partial charge in [0.05, 0.1) is 0 Å². The molecule has 6 nitrogen and oxygen atoms in total. The minimum atomic E-state index is -1.02. The van der Waals surface area contributed by atoms with Crippen molar-refractivity contribution in [3.63, 3.8) is 0 Å². The first-order valence-corrected chi connectivity index (χ1v) is 5.52. The van der Waals surface area contributed by atoms with E-state index in [2.05, 4.69) is 15.1 Å². The summed E-state index contributed by atoms with van der Waals surface area (Å²) in [5.74, 6) is 0.0816. The van der Waals surface area contributed by atoms with Gasteiger partial charge in [0.15, 0.2) is 11.5 Å². The van der Waals surface area contributed by atoms with Gasteiger partial charge in [-0.3, -0.25) is 0 Å². The van der Waals surface area contributed by atoms with Crippen molar-refractivity contribution >= 4 is 11.7 Å². The van der Waals surface area contributed by atoms with Gasteiger partial charge in [0.1, 0.15) is 0 Å². The van der Waals surface area contributed by atoms with Crippen LogP contribution in [-0.2, 0) is 6.42 Å². The summed E-state index contributed by atoms with van der Waals surface area (Å²) in [7, 11) is 0. The molecule has 90 valence electrons. The predicted octanol–water partition coefficient (Wildman–Crippen LogP) is 1.51. The van der Waals surface area contributed by atoms with Gasteiger partial charge in [-0.2, -0.15) is 9.50 Å². The smallest absolute Gasteiger partial charge is 0.354 e. The Balaban J connectivity index is 2.74. The lowest BCUT2D eigenvalue weighted by molar-refractivity contribution is 0.0687. The van der Waals surface area contributed by atoms with Crippen LogP contribution in [0.15, 0.2) is 6.07 Å². The van der Waals surface area contributed by atoms with Gasteiger partial charge in [-0.25, -0.2) is 9.78 Å². The predicted molar refractivity (Wildman–Crippen MR) is 61.2 cm³/mol. The van der Waals surface area contributed by atoms with E-state index < -0.39 is 5.97 Å². The van der Waals surface area contributed by atoms with Crippen LogP contribution in [0.4, 0.5) is 0 Å². The van der Waals surface area contributed by atoms with Gasteiger partial charge in [-0.15, -0.1) is 5.10 Å². The molecular formula is C11H14N4O2. The number of aromatic carboxylic acids is 1. The van der Waals surface area contributed by atoms with E-state index >= 15 is 0 Å². The van der Waals surface area contributed by atoms with Gasteiger partial charge < -0.3 is 5.11 Å². The second-order valence-corrected chi connectivity index (χ2v) is 4.12. The van der Waals surface area contributed by atoms with Crippen LogP contribution in [-0.4, -0.2) is 30.7 Å². The average Bonchev–Trinajstić information content (AvgIpc) is 2.69. The highest BCUT2D eigenvalue weighted by atomic mass is 16.4. The second kappa shape index (κ2) is 4.12. The summed E-state index contributed by atoms with van der Waals surface area (Å²) in [4.78, 5) is 19.7. The Morgan fingerprint density at radius 1 is 1.47 bits per heavy atom. The second-order valence-electron chi connectivity index (χ2n) is 4.12. The van der Waals surface area contributed by atoms with Crippen molar-refractivity contribution in [3.8, 4) is 0 Å². The number of nitrogens with zero attached hydrogens (tertiary/aromatic N) is 4. The number of aryl methyl sites for hydroxylation is 1. The molecule has 0 saturated carbocycles. The quantitative estimate of drug-likeness (QED) is 0.870. The SMILES string of the molecule is CCc1nc2nc(C(C)C)cc(C(=O)O)n2n1. The maximum absolute atomic E-state index is 11.2. The average molecular weight is 234 g/mol. The normalized spacial score (nSPS) is 11.3. The number of carboxylic acids is 1. The zero-order chi connectivity index (χ0) is 12.6. The topological polar surface area (TPSA) is 80.4 Å². The fourth-order valence-corrected chi connectivity index (χ4v) is 1.53. The van der Waals surface area contributed by atoms with Crippen LogP contribution in [0.5, 0.6) is 0 Å². The summed E-state index contributed by atoms with van der Waals surface area (Å²) in [5, 5.41) is 13.3. The van der Waals surface area contributed by atoms with E-state index in [4.69, 9.17) is 5.11 Å². The lowest BCUT2D eigenvalue weighted by Gasteiger charge is -2.05. The van der Waals surface area contributed by atoms with Crippen LogP contribution in [0.2, 0.25) is 0 Å². The number of carbonyl (C=O) groups is 1. The van der Waals surface area contributed by atoms with Crippen molar-refractivity contribution in [1.82, 2.24) is 19.6 Å². The third-order valence-electron chi connectivity index (χ3n) is 2.50. The van der Waals surface area contributed by atoms with Gasteiger partial charge in [0.2, 0.25) is 0 Å². The van der Waals surface area contributed by atoms with Crippen molar-refractivity contribution in [3.05, 3.63) is 23.3 Å². The minimum Gasteiger partial charge on any atom is -0.477 e. The van der Waals surface area contributed by atoms with Gasteiger partial charge >= 0.3 is 5.97 Å². The molecule has 0 saturated heterocycles. The van der Waals surface area contributed by atoms with Crippen molar-refractivity contribution in [2.45, 2.75) is 33.1 Å². The Morgan fingerprint density at radius 2 is 2.18 bits per heavy atom. The number of carboxylic acid groups (broad SMARTS) is 1. The molecule has 0 aliphatic rings.